The summed E-state index contributed by atoms with van der Waals surface area (Å²) >= 11 is 18.9. The van der Waals surface area contributed by atoms with Gasteiger partial charge in [-0.25, -0.2) is 9.97 Å². The fourth-order valence-corrected chi connectivity index (χ4v) is 3.23. The summed E-state index contributed by atoms with van der Waals surface area (Å²) in [7, 11) is 0. The second-order valence-corrected chi connectivity index (χ2v) is 6.83. The minimum atomic E-state index is -0.195. The predicted octanol–water partition coefficient (Wildman–Crippen LogP) is 4.65. The summed E-state index contributed by atoms with van der Waals surface area (Å²) < 4.78 is 0. The second-order valence-electron chi connectivity index (χ2n) is 4.56. The number of benzene rings is 1. The Hall–Kier alpha value is -1.47. The number of carbonyl (C=O) groups excluding carboxylic acids is 1. The van der Waals surface area contributed by atoms with Crippen molar-refractivity contribution < 1.29 is 4.79 Å². The van der Waals surface area contributed by atoms with Crippen LogP contribution in [-0.4, -0.2) is 26.6 Å². The van der Waals surface area contributed by atoms with E-state index in [4.69, 9.17) is 34.8 Å². The molecule has 1 aromatic carbocycles. The maximum atomic E-state index is 12.0. The summed E-state index contributed by atoms with van der Waals surface area (Å²) in [5.41, 5.74) is 1.83. The van der Waals surface area contributed by atoms with E-state index in [0.717, 1.165) is 5.52 Å². The Morgan fingerprint density at radius 2 is 1.87 bits per heavy atom. The first-order chi connectivity index (χ1) is 11.0. The molecule has 0 aliphatic carbocycles. The molecule has 0 aliphatic rings. The number of carbonyl (C=O) groups is 1. The number of hydrogen-bond acceptors (Lipinski definition) is 4. The lowest BCUT2D eigenvalue weighted by molar-refractivity contribution is -0.113. The van der Waals surface area contributed by atoms with Gasteiger partial charge in [-0.2, -0.15) is 0 Å². The van der Waals surface area contributed by atoms with Gasteiger partial charge in [-0.05, 0) is 24.3 Å². The Morgan fingerprint density at radius 3 is 2.61 bits per heavy atom. The van der Waals surface area contributed by atoms with Crippen LogP contribution in [0, 0.1) is 0 Å². The van der Waals surface area contributed by atoms with Crippen LogP contribution in [0.25, 0.3) is 11.2 Å². The van der Waals surface area contributed by atoms with Gasteiger partial charge in [0.2, 0.25) is 5.91 Å². The Morgan fingerprint density at radius 1 is 1.13 bits per heavy atom. The number of hydrogen-bond donors (Lipinski definition) is 2. The van der Waals surface area contributed by atoms with E-state index in [1.807, 2.05) is 0 Å². The molecular weight excluding hydrogens is 379 g/mol. The van der Waals surface area contributed by atoms with Crippen LogP contribution in [0.5, 0.6) is 0 Å². The maximum absolute atomic E-state index is 12.0. The number of aromatic nitrogens is 3. The minimum Gasteiger partial charge on any atom is -0.331 e. The molecule has 23 heavy (non-hydrogen) atoms. The fraction of sp³-hybridized carbons (Fsp3) is 0.0714. The summed E-state index contributed by atoms with van der Waals surface area (Å²) in [6, 6.07) is 6.58. The molecule has 9 heteroatoms. The lowest BCUT2D eigenvalue weighted by atomic mass is 10.3. The first kappa shape index (κ1) is 16.4. The zero-order valence-corrected chi connectivity index (χ0v) is 14.5. The van der Waals surface area contributed by atoms with Gasteiger partial charge in [0.25, 0.3) is 0 Å². The molecule has 0 fully saturated rings. The molecule has 0 saturated heterocycles. The summed E-state index contributed by atoms with van der Waals surface area (Å²) in [5.74, 6) is -0.0164. The number of nitrogens with zero attached hydrogens (tertiary/aromatic N) is 2. The van der Waals surface area contributed by atoms with E-state index < -0.39 is 0 Å². The molecule has 2 N–H and O–H groups in total. The SMILES string of the molecule is O=C(CSc1nc2ncc(Cl)cc2[nH]1)Nc1cc(Cl)cc(Cl)c1. The van der Waals surface area contributed by atoms with Gasteiger partial charge in [-0.15, -0.1) is 0 Å². The zero-order valence-electron chi connectivity index (χ0n) is 11.4. The summed E-state index contributed by atoms with van der Waals surface area (Å²) in [4.78, 5) is 23.4. The highest BCUT2D eigenvalue weighted by Gasteiger charge is 2.09. The first-order valence-corrected chi connectivity index (χ1v) is 8.51. The predicted molar refractivity (Wildman–Crippen MR) is 94.7 cm³/mol. The van der Waals surface area contributed by atoms with Crippen LogP contribution in [-0.2, 0) is 4.79 Å². The lowest BCUT2D eigenvalue weighted by Gasteiger charge is -2.05. The zero-order chi connectivity index (χ0) is 16.4. The molecule has 0 aliphatic heterocycles. The van der Waals surface area contributed by atoms with Crippen LogP contribution in [0.2, 0.25) is 15.1 Å². The van der Waals surface area contributed by atoms with Crippen LogP contribution in [0.1, 0.15) is 0 Å². The van der Waals surface area contributed by atoms with Gasteiger partial charge in [0.15, 0.2) is 10.8 Å². The van der Waals surface area contributed by atoms with E-state index in [0.29, 0.717) is 31.6 Å². The monoisotopic (exact) mass is 386 g/mol. The molecule has 2 heterocycles. The number of halogens is 3. The van der Waals surface area contributed by atoms with Crippen molar-refractivity contribution in [2.75, 3.05) is 11.1 Å². The van der Waals surface area contributed by atoms with Crippen molar-refractivity contribution in [1.29, 1.82) is 0 Å². The molecule has 5 nitrogen and oxygen atoms in total. The highest BCUT2D eigenvalue weighted by atomic mass is 35.5. The molecule has 0 saturated carbocycles. The average molecular weight is 388 g/mol. The number of H-pyrrole nitrogens is 1. The highest BCUT2D eigenvalue weighted by molar-refractivity contribution is 7.99. The van der Waals surface area contributed by atoms with Gasteiger partial charge in [0.1, 0.15) is 0 Å². The number of fused-ring (bicyclic) bond motifs is 1. The molecule has 0 atom stereocenters. The molecule has 3 aromatic rings. The second kappa shape index (κ2) is 6.97. The molecule has 0 unspecified atom stereocenters. The van der Waals surface area contributed by atoms with Crippen LogP contribution in [0.3, 0.4) is 0 Å². The summed E-state index contributed by atoms with van der Waals surface area (Å²) in [6.07, 6.45) is 1.52. The van der Waals surface area contributed by atoms with Crippen molar-refractivity contribution in [3.05, 3.63) is 45.5 Å². The van der Waals surface area contributed by atoms with Crippen LogP contribution < -0.4 is 5.32 Å². The van der Waals surface area contributed by atoms with Gasteiger partial charge in [0, 0.05) is 21.9 Å². The molecule has 118 valence electrons. The number of amides is 1. The van der Waals surface area contributed by atoms with E-state index >= 15 is 0 Å². The topological polar surface area (TPSA) is 70.7 Å². The van der Waals surface area contributed by atoms with Gasteiger partial charge in [-0.3, -0.25) is 4.79 Å². The number of pyridine rings is 1. The Labute approximate surface area is 150 Å². The molecule has 0 radical (unpaired) electrons. The Bertz CT molecular complexity index is 863. The number of thioether (sulfide) groups is 1. The van der Waals surface area contributed by atoms with E-state index in [1.54, 1.807) is 24.3 Å². The maximum Gasteiger partial charge on any atom is 0.234 e. The van der Waals surface area contributed by atoms with E-state index in [2.05, 4.69) is 20.3 Å². The average Bonchev–Trinajstić information content (AvgIpc) is 2.86. The van der Waals surface area contributed by atoms with E-state index in [1.165, 1.54) is 18.0 Å². The van der Waals surface area contributed by atoms with Crippen molar-refractivity contribution in [2.24, 2.45) is 0 Å². The number of aromatic amines is 1. The molecule has 1 amide bonds. The lowest BCUT2D eigenvalue weighted by Crippen LogP contribution is -2.14. The molecule has 2 aromatic heterocycles. The van der Waals surface area contributed by atoms with Crippen molar-refractivity contribution in [2.45, 2.75) is 5.16 Å². The third-order valence-corrected chi connectivity index (χ3v) is 4.29. The van der Waals surface area contributed by atoms with Gasteiger partial charge >= 0.3 is 0 Å². The quantitative estimate of drug-likeness (QED) is 0.639. The van der Waals surface area contributed by atoms with Crippen LogP contribution in [0.4, 0.5) is 5.69 Å². The molecule has 3 rings (SSSR count). The largest absolute Gasteiger partial charge is 0.331 e. The number of nitrogens with one attached hydrogen (secondary N) is 2. The first-order valence-electron chi connectivity index (χ1n) is 6.39. The molecule has 0 bridgehead atoms. The van der Waals surface area contributed by atoms with Gasteiger partial charge in [0.05, 0.1) is 16.3 Å². The minimum absolute atomic E-state index is 0.178. The normalized spacial score (nSPS) is 10.9. The summed E-state index contributed by atoms with van der Waals surface area (Å²) in [6.45, 7) is 0. The van der Waals surface area contributed by atoms with Gasteiger partial charge < -0.3 is 10.3 Å². The van der Waals surface area contributed by atoms with Gasteiger partial charge in [-0.1, -0.05) is 46.6 Å². The Balaban J connectivity index is 1.63. The van der Waals surface area contributed by atoms with Crippen molar-refractivity contribution in [3.8, 4) is 0 Å². The third-order valence-electron chi connectivity index (χ3n) is 2.77. The van der Waals surface area contributed by atoms with Crippen LogP contribution in [0.15, 0.2) is 35.6 Å². The molecule has 0 spiro atoms. The number of imidazole rings is 1. The summed E-state index contributed by atoms with van der Waals surface area (Å²) in [5, 5.41) is 4.76. The van der Waals surface area contributed by atoms with Crippen LogP contribution >= 0.6 is 46.6 Å². The smallest absolute Gasteiger partial charge is 0.234 e. The van der Waals surface area contributed by atoms with Crippen molar-refractivity contribution in [3.63, 3.8) is 0 Å². The number of anilines is 1. The van der Waals surface area contributed by atoms with Crippen molar-refractivity contribution >= 4 is 69.3 Å². The van der Waals surface area contributed by atoms with E-state index in [9.17, 15) is 4.79 Å². The highest BCUT2D eigenvalue weighted by Crippen LogP contribution is 2.23. The fourth-order valence-electron chi connectivity index (χ4n) is 1.88. The number of rotatable bonds is 4. The van der Waals surface area contributed by atoms with Crippen molar-refractivity contribution in [1.82, 2.24) is 15.0 Å². The Kier molecular flexibility index (Phi) is 4.96. The van der Waals surface area contributed by atoms with E-state index in [-0.39, 0.29) is 11.7 Å². The molecular formula is C14H9Cl3N4OS. The standard InChI is InChI=1S/C14H9Cl3N4OS/c15-7-1-8(16)3-10(2-7)19-12(22)6-23-14-20-11-4-9(17)5-18-13(11)21-14/h1-5H,6H2,(H,19,22)(H,18,20,21). The third kappa shape index (κ3) is 4.29.